The summed E-state index contributed by atoms with van der Waals surface area (Å²) in [7, 11) is 0. The van der Waals surface area contributed by atoms with Gasteiger partial charge in [-0.1, -0.05) is 47.2 Å². The average Bonchev–Trinajstić information content (AvgIpc) is 3.52. The molecule has 0 saturated carbocycles. The first-order valence-corrected chi connectivity index (χ1v) is 11.2. The number of aliphatic imine (C=N–C) groups is 1. The van der Waals surface area contributed by atoms with Crippen molar-refractivity contribution < 1.29 is 0 Å². The van der Waals surface area contributed by atoms with Crippen molar-refractivity contribution >= 4 is 38.9 Å². The summed E-state index contributed by atoms with van der Waals surface area (Å²) in [6.07, 6.45) is 4.14. The lowest BCUT2D eigenvalue weighted by Gasteiger charge is -2.03. The van der Waals surface area contributed by atoms with Gasteiger partial charge >= 0.3 is 0 Å². The molecule has 2 aromatic carbocycles. The third-order valence-corrected chi connectivity index (χ3v) is 6.42. The van der Waals surface area contributed by atoms with E-state index in [1.165, 1.54) is 16.0 Å². The number of H-pyrrole nitrogens is 2. The Morgan fingerprint density at radius 1 is 1.19 bits per heavy atom. The summed E-state index contributed by atoms with van der Waals surface area (Å²) in [5.41, 5.74) is 4.40. The van der Waals surface area contributed by atoms with Gasteiger partial charge in [0, 0.05) is 41.2 Å². The number of fused-ring (bicyclic) bond motifs is 1. The van der Waals surface area contributed by atoms with E-state index in [0.717, 1.165) is 21.5 Å². The molecule has 5 rings (SSSR count). The topological polar surface area (TPSA) is 91.7 Å². The van der Waals surface area contributed by atoms with Gasteiger partial charge in [0.1, 0.15) is 0 Å². The number of nitrogens with zero attached hydrogens (tertiary/aromatic N) is 4. The molecule has 0 fully saturated rings. The molecule has 0 aliphatic rings. The summed E-state index contributed by atoms with van der Waals surface area (Å²) in [6, 6.07) is 15.2. The van der Waals surface area contributed by atoms with E-state index in [1.807, 2.05) is 43.3 Å². The molecule has 7 nitrogen and oxygen atoms in total. The summed E-state index contributed by atoms with van der Waals surface area (Å²) >= 11 is 7.54. The number of aromatic amines is 2. The summed E-state index contributed by atoms with van der Waals surface area (Å²) in [6.45, 7) is 2.40. The second-order valence-corrected chi connectivity index (χ2v) is 8.71. The number of halogens is 1. The Kier molecular flexibility index (Phi) is 5.46. The Hall–Kier alpha value is -3.49. The van der Waals surface area contributed by atoms with Gasteiger partial charge in [0.05, 0.1) is 27.8 Å². The second-order valence-electron chi connectivity index (χ2n) is 7.27. The molecule has 0 aliphatic carbocycles. The fourth-order valence-corrected chi connectivity index (χ4v) is 4.58. The Labute approximate surface area is 192 Å². The van der Waals surface area contributed by atoms with Crippen molar-refractivity contribution in [3.63, 3.8) is 0 Å². The molecular weight excluding hydrogens is 444 g/mol. The van der Waals surface area contributed by atoms with Gasteiger partial charge in [-0.2, -0.15) is 4.68 Å². The highest BCUT2D eigenvalue weighted by atomic mass is 35.5. The molecule has 0 bridgehead atoms. The van der Waals surface area contributed by atoms with E-state index >= 15 is 0 Å². The van der Waals surface area contributed by atoms with Crippen LogP contribution in [-0.4, -0.2) is 37.0 Å². The summed E-state index contributed by atoms with van der Waals surface area (Å²) in [5.74, 6) is 0. The van der Waals surface area contributed by atoms with Crippen LogP contribution in [0, 0.1) is 0 Å². The normalized spacial score (nSPS) is 12.0. The van der Waals surface area contributed by atoms with Crippen molar-refractivity contribution in [3.8, 4) is 16.4 Å². The van der Waals surface area contributed by atoms with Crippen LogP contribution in [0.2, 0.25) is 5.02 Å². The molecule has 0 saturated heterocycles. The molecule has 5 aromatic rings. The van der Waals surface area contributed by atoms with Crippen molar-refractivity contribution in [2.45, 2.75) is 13.3 Å². The first kappa shape index (κ1) is 20.4. The third-order valence-electron chi connectivity index (χ3n) is 5.14. The largest absolute Gasteiger partial charge is 0.348 e. The zero-order chi connectivity index (χ0) is 22.1. The molecule has 0 radical (unpaired) electrons. The van der Waals surface area contributed by atoms with E-state index in [1.54, 1.807) is 24.7 Å². The Bertz CT molecular complexity index is 1430. The van der Waals surface area contributed by atoms with E-state index in [9.17, 15) is 4.79 Å². The minimum absolute atomic E-state index is 0.184. The van der Waals surface area contributed by atoms with E-state index in [-0.39, 0.29) is 5.56 Å². The highest BCUT2D eigenvalue weighted by Gasteiger charge is 2.21. The number of hydrogen-bond acceptors (Lipinski definition) is 5. The van der Waals surface area contributed by atoms with Crippen molar-refractivity contribution in [2.24, 2.45) is 4.99 Å². The van der Waals surface area contributed by atoms with Crippen LogP contribution in [0.4, 0.5) is 0 Å². The molecule has 0 unspecified atom stereocenters. The first-order chi connectivity index (χ1) is 15.6. The number of aromatic nitrogens is 5. The van der Waals surface area contributed by atoms with Gasteiger partial charge in [-0.3, -0.25) is 14.9 Å². The van der Waals surface area contributed by atoms with Crippen LogP contribution < -0.4 is 5.56 Å². The van der Waals surface area contributed by atoms with Gasteiger partial charge in [-0.05, 0) is 31.2 Å². The Morgan fingerprint density at radius 3 is 2.75 bits per heavy atom. The standard InChI is InChI=1S/C23H19ClN6OS/c1-14(26-11-10-17-12-25-13-27-17)20-21(15-6-8-16(24)9-7-15)29-30(22(20)31)23-28-18-4-2-3-5-19(18)32-23/h2-9,12-13,29H,10-11H2,1H3,(H,25,27). The maximum Gasteiger partial charge on any atom is 0.283 e. The number of nitrogens with one attached hydrogen (secondary N) is 2. The average molecular weight is 463 g/mol. The van der Waals surface area contributed by atoms with Gasteiger partial charge in [-0.15, -0.1) is 0 Å². The first-order valence-electron chi connectivity index (χ1n) is 10.1. The molecular formula is C23H19ClN6OS. The number of thiazole rings is 1. The number of imidazole rings is 1. The SMILES string of the molecule is CC(=NCCc1cnc[nH]1)c1c(-c2ccc(Cl)cc2)[nH]n(-c2nc3ccccc3s2)c1=O. The zero-order valence-electron chi connectivity index (χ0n) is 17.2. The molecule has 0 amide bonds. The highest BCUT2D eigenvalue weighted by molar-refractivity contribution is 7.20. The van der Waals surface area contributed by atoms with E-state index in [4.69, 9.17) is 11.6 Å². The van der Waals surface area contributed by atoms with Crippen LogP contribution in [0.3, 0.4) is 0 Å². The smallest absolute Gasteiger partial charge is 0.283 e. The number of benzene rings is 2. The lowest BCUT2D eigenvalue weighted by atomic mass is 10.1. The third kappa shape index (κ3) is 3.90. The minimum atomic E-state index is -0.184. The lowest BCUT2D eigenvalue weighted by molar-refractivity contribution is 0.845. The quantitative estimate of drug-likeness (QED) is 0.352. The summed E-state index contributed by atoms with van der Waals surface area (Å²) in [5, 5.41) is 4.48. The fraction of sp³-hybridized carbons (Fsp3) is 0.130. The number of para-hydroxylation sites is 1. The summed E-state index contributed by atoms with van der Waals surface area (Å²) < 4.78 is 2.52. The van der Waals surface area contributed by atoms with Crippen LogP contribution in [0.25, 0.3) is 26.6 Å². The van der Waals surface area contributed by atoms with Crippen molar-refractivity contribution in [1.82, 2.24) is 24.7 Å². The predicted molar refractivity (Wildman–Crippen MR) is 129 cm³/mol. The molecule has 32 heavy (non-hydrogen) atoms. The summed E-state index contributed by atoms with van der Waals surface area (Å²) in [4.78, 5) is 29.9. The van der Waals surface area contributed by atoms with Crippen LogP contribution in [-0.2, 0) is 6.42 Å². The van der Waals surface area contributed by atoms with Gasteiger partial charge in [0.2, 0.25) is 5.13 Å². The van der Waals surface area contributed by atoms with Gasteiger partial charge in [0.15, 0.2) is 0 Å². The molecule has 9 heteroatoms. The highest BCUT2D eigenvalue weighted by Crippen LogP contribution is 2.27. The Morgan fingerprint density at radius 2 is 2.00 bits per heavy atom. The molecule has 3 aromatic heterocycles. The van der Waals surface area contributed by atoms with E-state index in [2.05, 4.69) is 25.0 Å². The zero-order valence-corrected chi connectivity index (χ0v) is 18.7. The Balaban J connectivity index is 1.60. The van der Waals surface area contributed by atoms with Gasteiger partial charge < -0.3 is 4.98 Å². The monoisotopic (exact) mass is 462 g/mol. The maximum absolute atomic E-state index is 13.5. The molecule has 160 valence electrons. The van der Waals surface area contributed by atoms with Crippen LogP contribution >= 0.6 is 22.9 Å². The number of hydrogen-bond donors (Lipinski definition) is 2. The van der Waals surface area contributed by atoms with Crippen LogP contribution in [0.1, 0.15) is 18.2 Å². The van der Waals surface area contributed by atoms with Gasteiger partial charge in [0.25, 0.3) is 5.56 Å². The molecule has 0 atom stereocenters. The fourth-order valence-electron chi connectivity index (χ4n) is 3.53. The van der Waals surface area contributed by atoms with Crippen molar-refractivity contribution in [2.75, 3.05) is 6.54 Å². The predicted octanol–water partition coefficient (Wildman–Crippen LogP) is 4.87. The molecule has 2 N–H and O–H groups in total. The molecule has 0 aliphatic heterocycles. The van der Waals surface area contributed by atoms with E-state index in [0.29, 0.717) is 40.1 Å². The maximum atomic E-state index is 13.5. The van der Waals surface area contributed by atoms with Crippen LogP contribution in [0.5, 0.6) is 0 Å². The number of rotatable bonds is 6. The molecule has 3 heterocycles. The second kappa shape index (κ2) is 8.57. The lowest BCUT2D eigenvalue weighted by Crippen LogP contribution is -2.19. The van der Waals surface area contributed by atoms with Gasteiger partial charge in [-0.25, -0.2) is 9.97 Å². The van der Waals surface area contributed by atoms with Crippen molar-refractivity contribution in [1.29, 1.82) is 0 Å². The minimum Gasteiger partial charge on any atom is -0.348 e. The van der Waals surface area contributed by atoms with E-state index < -0.39 is 0 Å². The van der Waals surface area contributed by atoms with Crippen molar-refractivity contribution in [3.05, 3.63) is 87.7 Å². The van der Waals surface area contributed by atoms with Crippen LogP contribution in [0.15, 0.2) is 70.8 Å². The molecule has 0 spiro atoms.